The average molecular weight is 289 g/mol. The Hall–Kier alpha value is -1.47. The topological polar surface area (TPSA) is 71.7 Å². The van der Waals surface area contributed by atoms with Crippen LogP contribution < -0.4 is 5.32 Å². The lowest BCUT2D eigenvalue weighted by molar-refractivity contribution is -0.216. The number of carbonyl (C=O) groups is 1. The van der Waals surface area contributed by atoms with E-state index in [9.17, 15) is 18.7 Å². The summed E-state index contributed by atoms with van der Waals surface area (Å²) in [6.45, 7) is -0.00619. The summed E-state index contributed by atoms with van der Waals surface area (Å²) in [6.07, 6.45) is 1.70. The number of amides is 1. The molecule has 0 saturated heterocycles. The molecule has 20 heavy (non-hydrogen) atoms. The summed E-state index contributed by atoms with van der Waals surface area (Å²) >= 11 is 0. The van der Waals surface area contributed by atoms with Crippen molar-refractivity contribution in [3.05, 3.63) is 24.2 Å². The zero-order valence-electron chi connectivity index (χ0n) is 11.1. The normalized spacial score (nSPS) is 19.2. The van der Waals surface area contributed by atoms with Gasteiger partial charge in [0.05, 0.1) is 12.9 Å². The van der Waals surface area contributed by atoms with Crippen LogP contribution in [-0.2, 0) is 9.53 Å². The van der Waals surface area contributed by atoms with Crippen molar-refractivity contribution in [3.8, 4) is 0 Å². The highest BCUT2D eigenvalue weighted by atomic mass is 19.3. The number of halogens is 2. The van der Waals surface area contributed by atoms with E-state index >= 15 is 0 Å². The van der Waals surface area contributed by atoms with Crippen LogP contribution in [0.2, 0.25) is 0 Å². The van der Waals surface area contributed by atoms with Gasteiger partial charge in [-0.3, -0.25) is 4.79 Å². The van der Waals surface area contributed by atoms with E-state index in [1.165, 1.54) is 13.4 Å². The largest absolute Gasteiger partial charge is 0.467 e. The van der Waals surface area contributed by atoms with Crippen molar-refractivity contribution in [2.45, 2.75) is 36.8 Å². The molecule has 2 N–H and O–H groups in total. The number of rotatable bonds is 6. The van der Waals surface area contributed by atoms with E-state index in [2.05, 4.69) is 5.32 Å². The molecule has 1 amide bonds. The monoisotopic (exact) mass is 289 g/mol. The van der Waals surface area contributed by atoms with Crippen molar-refractivity contribution in [2.75, 3.05) is 13.7 Å². The van der Waals surface area contributed by atoms with Gasteiger partial charge in [0.25, 0.3) is 5.91 Å². The minimum atomic E-state index is -3.83. The third-order valence-corrected chi connectivity index (χ3v) is 3.58. The van der Waals surface area contributed by atoms with Crippen LogP contribution in [0.1, 0.15) is 31.1 Å². The second kappa shape index (κ2) is 5.49. The van der Waals surface area contributed by atoms with E-state index in [0.29, 0.717) is 12.2 Å². The molecule has 1 aromatic heterocycles. The Bertz CT molecular complexity index is 457. The number of hydrogen-bond donors (Lipinski definition) is 2. The van der Waals surface area contributed by atoms with E-state index in [1.807, 2.05) is 0 Å². The Morgan fingerprint density at radius 2 is 2.35 bits per heavy atom. The molecule has 7 heteroatoms. The highest BCUT2D eigenvalue weighted by Gasteiger charge is 2.61. The lowest BCUT2D eigenvalue weighted by Crippen LogP contribution is -2.61. The summed E-state index contributed by atoms with van der Waals surface area (Å²) in [5, 5.41) is 11.9. The van der Waals surface area contributed by atoms with Gasteiger partial charge in [0.15, 0.2) is 0 Å². The van der Waals surface area contributed by atoms with E-state index in [4.69, 9.17) is 9.15 Å². The van der Waals surface area contributed by atoms with Gasteiger partial charge < -0.3 is 19.6 Å². The predicted octanol–water partition coefficient (Wildman–Crippen LogP) is 1.63. The van der Waals surface area contributed by atoms with Gasteiger partial charge in [-0.2, -0.15) is 8.78 Å². The fraction of sp³-hybridized carbons (Fsp3) is 0.615. The summed E-state index contributed by atoms with van der Waals surface area (Å²) in [5.41, 5.74) is -2.24. The van der Waals surface area contributed by atoms with Crippen LogP contribution in [0, 0.1) is 0 Å². The predicted molar refractivity (Wildman–Crippen MR) is 65.2 cm³/mol. The number of nitrogens with one attached hydrogen (secondary N) is 1. The summed E-state index contributed by atoms with van der Waals surface area (Å²) in [4.78, 5) is 11.8. The first kappa shape index (κ1) is 14.9. The zero-order valence-corrected chi connectivity index (χ0v) is 11.1. The van der Waals surface area contributed by atoms with Crippen molar-refractivity contribution in [3.63, 3.8) is 0 Å². The molecule has 1 unspecified atom stereocenters. The third-order valence-electron chi connectivity index (χ3n) is 3.58. The van der Waals surface area contributed by atoms with E-state index in [1.54, 1.807) is 12.1 Å². The molecular weight excluding hydrogens is 272 g/mol. The Kier molecular flexibility index (Phi) is 4.10. The molecule has 1 aliphatic rings. The summed E-state index contributed by atoms with van der Waals surface area (Å²) in [5.74, 6) is -5.03. The summed E-state index contributed by atoms with van der Waals surface area (Å²) in [7, 11) is 1.39. The van der Waals surface area contributed by atoms with Gasteiger partial charge in [-0.1, -0.05) is 0 Å². The molecule has 0 aliphatic heterocycles. The zero-order chi connectivity index (χ0) is 14.8. The van der Waals surface area contributed by atoms with Crippen LogP contribution in [0.3, 0.4) is 0 Å². The van der Waals surface area contributed by atoms with Gasteiger partial charge in [0.2, 0.25) is 0 Å². The van der Waals surface area contributed by atoms with E-state index in [0.717, 1.165) is 0 Å². The first-order valence-corrected chi connectivity index (χ1v) is 6.34. The molecule has 5 nitrogen and oxygen atoms in total. The van der Waals surface area contributed by atoms with Gasteiger partial charge in [-0.05, 0) is 31.4 Å². The van der Waals surface area contributed by atoms with Crippen LogP contribution in [0.15, 0.2) is 22.8 Å². The minimum absolute atomic E-state index is 0.00619. The fourth-order valence-electron chi connectivity index (χ4n) is 2.14. The second-order valence-corrected chi connectivity index (χ2v) is 4.96. The van der Waals surface area contributed by atoms with Crippen molar-refractivity contribution in [1.82, 2.24) is 5.32 Å². The molecule has 1 heterocycles. The van der Waals surface area contributed by atoms with Gasteiger partial charge in [0, 0.05) is 7.11 Å². The second-order valence-electron chi connectivity index (χ2n) is 4.96. The highest BCUT2D eigenvalue weighted by Crippen LogP contribution is 2.44. The molecule has 2 rings (SSSR count). The third kappa shape index (κ3) is 2.55. The molecule has 112 valence electrons. The maximum absolute atomic E-state index is 14.0. The number of ether oxygens (including phenoxy) is 1. The minimum Gasteiger partial charge on any atom is -0.467 e. The Morgan fingerprint density at radius 1 is 1.65 bits per heavy atom. The summed E-state index contributed by atoms with van der Waals surface area (Å²) in [6, 6.07) is 2.32. The van der Waals surface area contributed by atoms with Crippen LogP contribution in [0.25, 0.3) is 0 Å². The standard InChI is InChI=1S/C13H17F2NO4/c1-19-8-9(10-4-2-7-20-10)16-11(17)13(14,15)12(18)5-3-6-12/h2,4,7,9,18H,3,5-6,8H2,1H3,(H,16,17). The number of carbonyl (C=O) groups excluding carboxylic acids is 1. The van der Waals surface area contributed by atoms with Gasteiger partial charge in [0.1, 0.15) is 17.4 Å². The highest BCUT2D eigenvalue weighted by molar-refractivity contribution is 5.85. The van der Waals surface area contributed by atoms with Crippen LogP contribution >= 0.6 is 0 Å². The average Bonchev–Trinajstić information content (AvgIpc) is 2.88. The fourth-order valence-corrected chi connectivity index (χ4v) is 2.14. The SMILES string of the molecule is COCC(NC(=O)C(F)(F)C1(O)CCC1)c1ccco1. The van der Waals surface area contributed by atoms with Gasteiger partial charge in [-0.25, -0.2) is 0 Å². The van der Waals surface area contributed by atoms with Gasteiger partial charge in [-0.15, -0.1) is 0 Å². The van der Waals surface area contributed by atoms with Gasteiger partial charge >= 0.3 is 5.92 Å². The van der Waals surface area contributed by atoms with Crippen molar-refractivity contribution in [2.24, 2.45) is 0 Å². The lowest BCUT2D eigenvalue weighted by Gasteiger charge is -2.41. The van der Waals surface area contributed by atoms with Crippen LogP contribution in [-0.4, -0.2) is 36.3 Å². The summed E-state index contributed by atoms with van der Waals surface area (Å²) < 4.78 is 37.9. The number of aliphatic hydroxyl groups is 1. The molecule has 1 saturated carbocycles. The first-order chi connectivity index (χ1) is 9.40. The molecule has 0 aromatic carbocycles. The number of alkyl halides is 2. The van der Waals surface area contributed by atoms with Crippen molar-refractivity contribution < 1.29 is 27.8 Å². The molecule has 0 bridgehead atoms. The maximum atomic E-state index is 14.0. The Balaban J connectivity index is 2.08. The van der Waals surface area contributed by atoms with Crippen LogP contribution in [0.5, 0.6) is 0 Å². The lowest BCUT2D eigenvalue weighted by atomic mass is 9.75. The maximum Gasteiger partial charge on any atom is 0.352 e. The molecule has 1 fully saturated rings. The molecule has 0 radical (unpaired) electrons. The molecule has 1 aromatic rings. The smallest absolute Gasteiger partial charge is 0.352 e. The molecule has 1 aliphatic carbocycles. The van der Waals surface area contributed by atoms with Crippen molar-refractivity contribution >= 4 is 5.91 Å². The van der Waals surface area contributed by atoms with Crippen molar-refractivity contribution in [1.29, 1.82) is 0 Å². The Morgan fingerprint density at radius 3 is 2.80 bits per heavy atom. The number of methoxy groups -OCH3 is 1. The first-order valence-electron chi connectivity index (χ1n) is 6.34. The number of hydrogen-bond acceptors (Lipinski definition) is 4. The van der Waals surface area contributed by atoms with E-state index in [-0.39, 0.29) is 19.4 Å². The molecule has 0 spiro atoms. The molecular formula is C13H17F2NO4. The molecule has 1 atom stereocenters. The Labute approximate surface area is 114 Å². The van der Waals surface area contributed by atoms with Crippen LogP contribution in [0.4, 0.5) is 8.78 Å². The number of furan rings is 1. The van der Waals surface area contributed by atoms with E-state index < -0.39 is 23.5 Å². The quantitative estimate of drug-likeness (QED) is 0.835.